The Labute approximate surface area is 213 Å². The fraction of sp³-hybridized carbons (Fsp3) is 0.143. The molecular weight excluding hydrogens is 470 g/mol. The second-order valence-corrected chi connectivity index (χ2v) is 8.08. The van der Waals surface area contributed by atoms with Crippen LogP contribution in [-0.4, -0.2) is 53.1 Å². The quantitative estimate of drug-likeness (QED) is 0.305. The molecule has 9 heteroatoms. The SMILES string of the molecule is COc1ccc(-c2nnc3ccc(OCCNC(=O)c4ccc(-c5ccccc5)cc4)nn23)cc1OC. The summed E-state index contributed by atoms with van der Waals surface area (Å²) >= 11 is 0. The summed E-state index contributed by atoms with van der Waals surface area (Å²) in [5, 5.41) is 15.8. The molecule has 5 rings (SSSR count). The van der Waals surface area contributed by atoms with Gasteiger partial charge >= 0.3 is 0 Å². The maximum Gasteiger partial charge on any atom is 0.251 e. The molecule has 37 heavy (non-hydrogen) atoms. The predicted molar refractivity (Wildman–Crippen MR) is 139 cm³/mol. The van der Waals surface area contributed by atoms with Crippen LogP contribution in [0.3, 0.4) is 0 Å². The monoisotopic (exact) mass is 495 g/mol. The largest absolute Gasteiger partial charge is 0.493 e. The smallest absolute Gasteiger partial charge is 0.251 e. The van der Waals surface area contributed by atoms with Gasteiger partial charge in [0.15, 0.2) is 23.0 Å². The second-order valence-electron chi connectivity index (χ2n) is 8.08. The molecule has 0 spiro atoms. The maximum absolute atomic E-state index is 12.5. The molecule has 0 aliphatic carbocycles. The number of methoxy groups -OCH3 is 2. The molecule has 0 fully saturated rings. The van der Waals surface area contributed by atoms with Gasteiger partial charge in [-0.05, 0) is 47.5 Å². The number of aromatic nitrogens is 4. The Balaban J connectivity index is 1.20. The molecule has 0 radical (unpaired) electrons. The molecule has 2 aromatic heterocycles. The first kappa shape index (κ1) is 23.8. The van der Waals surface area contributed by atoms with Crippen molar-refractivity contribution in [1.29, 1.82) is 0 Å². The van der Waals surface area contributed by atoms with E-state index in [9.17, 15) is 4.79 Å². The summed E-state index contributed by atoms with van der Waals surface area (Å²) in [6, 6.07) is 26.5. The summed E-state index contributed by atoms with van der Waals surface area (Å²) in [4.78, 5) is 12.5. The van der Waals surface area contributed by atoms with E-state index < -0.39 is 0 Å². The van der Waals surface area contributed by atoms with E-state index in [-0.39, 0.29) is 12.5 Å². The Hall–Kier alpha value is -4.92. The van der Waals surface area contributed by atoms with Gasteiger partial charge < -0.3 is 19.5 Å². The van der Waals surface area contributed by atoms with Gasteiger partial charge in [-0.2, -0.15) is 4.52 Å². The van der Waals surface area contributed by atoms with Crippen molar-refractivity contribution in [1.82, 2.24) is 25.1 Å². The van der Waals surface area contributed by atoms with Crippen LogP contribution in [0.25, 0.3) is 28.2 Å². The van der Waals surface area contributed by atoms with Crippen LogP contribution in [0.2, 0.25) is 0 Å². The van der Waals surface area contributed by atoms with Crippen molar-refractivity contribution in [3.05, 3.63) is 90.5 Å². The van der Waals surface area contributed by atoms with Crippen molar-refractivity contribution < 1.29 is 19.0 Å². The van der Waals surface area contributed by atoms with Crippen LogP contribution < -0.4 is 19.5 Å². The highest BCUT2D eigenvalue weighted by Crippen LogP contribution is 2.31. The summed E-state index contributed by atoms with van der Waals surface area (Å²) < 4.78 is 18.1. The summed E-state index contributed by atoms with van der Waals surface area (Å²) in [5.41, 5.74) is 4.09. The highest BCUT2D eigenvalue weighted by Gasteiger charge is 2.14. The van der Waals surface area contributed by atoms with E-state index in [1.807, 2.05) is 66.7 Å². The Bertz CT molecular complexity index is 1520. The lowest BCUT2D eigenvalue weighted by Gasteiger charge is -2.09. The van der Waals surface area contributed by atoms with Gasteiger partial charge in [0.05, 0.1) is 20.8 Å². The van der Waals surface area contributed by atoms with Crippen LogP contribution in [0.1, 0.15) is 10.4 Å². The molecule has 1 amide bonds. The standard InChI is InChI=1S/C28H25N5O4/c1-35-23-13-12-22(18-24(23)36-2)27-31-30-25-14-15-26(32-33(25)27)37-17-16-29-28(34)21-10-8-20(9-11-21)19-6-4-3-5-7-19/h3-15,18H,16-17H2,1-2H3,(H,29,34). The summed E-state index contributed by atoms with van der Waals surface area (Å²) in [5.74, 6) is 1.95. The maximum atomic E-state index is 12.5. The Morgan fingerprint density at radius 1 is 0.811 bits per heavy atom. The molecule has 0 atom stereocenters. The van der Waals surface area contributed by atoms with Crippen molar-refractivity contribution in [2.24, 2.45) is 0 Å². The number of rotatable bonds is 9. The highest BCUT2D eigenvalue weighted by atomic mass is 16.5. The summed E-state index contributed by atoms with van der Waals surface area (Å²) in [6.45, 7) is 0.573. The third kappa shape index (κ3) is 5.20. The van der Waals surface area contributed by atoms with Crippen molar-refractivity contribution in [2.75, 3.05) is 27.4 Å². The van der Waals surface area contributed by atoms with Gasteiger partial charge in [-0.25, -0.2) is 0 Å². The number of nitrogens with zero attached hydrogens (tertiary/aromatic N) is 4. The van der Waals surface area contributed by atoms with E-state index in [1.165, 1.54) is 0 Å². The summed E-state index contributed by atoms with van der Waals surface area (Å²) in [6.07, 6.45) is 0. The number of carbonyl (C=O) groups is 1. The Kier molecular flexibility index (Phi) is 6.93. The van der Waals surface area contributed by atoms with Crippen molar-refractivity contribution in [2.45, 2.75) is 0 Å². The van der Waals surface area contributed by atoms with E-state index in [4.69, 9.17) is 14.2 Å². The van der Waals surface area contributed by atoms with Gasteiger partial charge in [-0.15, -0.1) is 15.3 Å². The first-order valence-corrected chi connectivity index (χ1v) is 11.7. The van der Waals surface area contributed by atoms with Gasteiger partial charge in [0.1, 0.15) is 6.61 Å². The van der Waals surface area contributed by atoms with Gasteiger partial charge in [0.2, 0.25) is 5.88 Å². The van der Waals surface area contributed by atoms with E-state index in [0.717, 1.165) is 16.7 Å². The van der Waals surface area contributed by atoms with Gasteiger partial charge in [-0.3, -0.25) is 4.79 Å². The van der Waals surface area contributed by atoms with E-state index in [0.29, 0.717) is 41.0 Å². The number of nitrogens with one attached hydrogen (secondary N) is 1. The first-order chi connectivity index (χ1) is 18.2. The highest BCUT2D eigenvalue weighted by molar-refractivity contribution is 5.94. The Morgan fingerprint density at radius 2 is 1.54 bits per heavy atom. The number of ether oxygens (including phenoxy) is 3. The number of benzene rings is 3. The van der Waals surface area contributed by atoms with Crippen LogP contribution >= 0.6 is 0 Å². The molecular formula is C28H25N5O4. The molecule has 0 unspecified atom stereocenters. The molecule has 0 aliphatic heterocycles. The van der Waals surface area contributed by atoms with Gasteiger partial charge in [0.25, 0.3) is 5.91 Å². The molecule has 0 aliphatic rings. The number of fused-ring (bicyclic) bond motifs is 1. The molecule has 3 aromatic carbocycles. The van der Waals surface area contributed by atoms with Crippen LogP contribution in [0.4, 0.5) is 0 Å². The minimum Gasteiger partial charge on any atom is -0.493 e. The minimum absolute atomic E-state index is 0.166. The number of carbonyl (C=O) groups excluding carboxylic acids is 1. The molecule has 9 nitrogen and oxygen atoms in total. The Morgan fingerprint density at radius 3 is 2.30 bits per heavy atom. The lowest BCUT2D eigenvalue weighted by Crippen LogP contribution is -2.28. The number of hydrogen-bond acceptors (Lipinski definition) is 7. The lowest BCUT2D eigenvalue weighted by atomic mass is 10.0. The molecule has 5 aromatic rings. The number of hydrogen-bond donors (Lipinski definition) is 1. The normalized spacial score (nSPS) is 10.8. The molecule has 0 bridgehead atoms. The van der Waals surface area contributed by atoms with Crippen LogP contribution in [0.15, 0.2) is 84.9 Å². The minimum atomic E-state index is -0.166. The van der Waals surface area contributed by atoms with Crippen LogP contribution in [-0.2, 0) is 0 Å². The van der Waals surface area contributed by atoms with Gasteiger partial charge in [-0.1, -0.05) is 42.5 Å². The lowest BCUT2D eigenvalue weighted by molar-refractivity contribution is 0.0946. The topological polar surface area (TPSA) is 99.9 Å². The predicted octanol–water partition coefficient (Wildman–Crippen LogP) is 4.28. The fourth-order valence-corrected chi connectivity index (χ4v) is 3.87. The molecule has 2 heterocycles. The molecule has 0 saturated heterocycles. The third-order valence-corrected chi connectivity index (χ3v) is 5.77. The summed E-state index contributed by atoms with van der Waals surface area (Å²) in [7, 11) is 3.16. The van der Waals surface area contributed by atoms with E-state index >= 15 is 0 Å². The van der Waals surface area contributed by atoms with Crippen molar-refractivity contribution >= 4 is 11.6 Å². The van der Waals surface area contributed by atoms with Crippen LogP contribution in [0.5, 0.6) is 17.4 Å². The zero-order chi connectivity index (χ0) is 25.6. The number of amides is 1. The van der Waals surface area contributed by atoms with E-state index in [1.54, 1.807) is 36.9 Å². The third-order valence-electron chi connectivity index (χ3n) is 5.77. The average Bonchev–Trinajstić information content (AvgIpc) is 3.38. The molecule has 0 saturated carbocycles. The average molecular weight is 496 g/mol. The van der Waals surface area contributed by atoms with Crippen molar-refractivity contribution in [3.8, 4) is 39.9 Å². The van der Waals surface area contributed by atoms with E-state index in [2.05, 4.69) is 20.6 Å². The first-order valence-electron chi connectivity index (χ1n) is 11.7. The molecule has 1 N–H and O–H groups in total. The van der Waals surface area contributed by atoms with Crippen LogP contribution in [0, 0.1) is 0 Å². The van der Waals surface area contributed by atoms with Crippen molar-refractivity contribution in [3.63, 3.8) is 0 Å². The zero-order valence-corrected chi connectivity index (χ0v) is 20.4. The zero-order valence-electron chi connectivity index (χ0n) is 20.4. The molecule has 186 valence electrons. The fourth-order valence-electron chi connectivity index (χ4n) is 3.87. The van der Waals surface area contributed by atoms with Gasteiger partial charge in [0, 0.05) is 17.2 Å². The second kappa shape index (κ2) is 10.8.